The van der Waals surface area contributed by atoms with Crippen LogP contribution in [-0.4, -0.2) is 6.71 Å². The van der Waals surface area contributed by atoms with Gasteiger partial charge >= 0.3 is 0 Å². The highest BCUT2D eigenvalue weighted by molar-refractivity contribution is 7.00. The van der Waals surface area contributed by atoms with E-state index < -0.39 is 0 Å². The zero-order valence-corrected chi connectivity index (χ0v) is 38.3. The van der Waals surface area contributed by atoms with Crippen LogP contribution in [0.3, 0.4) is 0 Å². The Morgan fingerprint density at radius 2 is 0.761 bits per heavy atom. The second-order valence-corrected chi connectivity index (χ2v) is 19.1. The van der Waals surface area contributed by atoms with Crippen LogP contribution in [0.1, 0.15) is 0 Å². The average molecular weight is 903 g/mol. The lowest BCUT2D eigenvalue weighted by Crippen LogP contribution is -2.61. The molecular formula is C66H39BN2O2. The number of benzene rings is 12. The molecule has 0 amide bonds. The monoisotopic (exact) mass is 902 g/mol. The number of furan rings is 2. The van der Waals surface area contributed by atoms with Crippen molar-refractivity contribution in [2.24, 2.45) is 0 Å². The van der Waals surface area contributed by atoms with Gasteiger partial charge in [0.25, 0.3) is 6.71 Å². The van der Waals surface area contributed by atoms with Crippen molar-refractivity contribution in [3.8, 4) is 22.3 Å². The van der Waals surface area contributed by atoms with Gasteiger partial charge in [-0.2, -0.15) is 0 Å². The highest BCUT2D eigenvalue weighted by Gasteiger charge is 2.44. The Bertz CT molecular complexity index is 4520. The zero-order valence-electron chi connectivity index (χ0n) is 38.3. The molecule has 5 heteroatoms. The quantitative estimate of drug-likeness (QED) is 0.130. The maximum absolute atomic E-state index is 7.20. The van der Waals surface area contributed by atoms with E-state index in [-0.39, 0.29) is 6.71 Å². The third-order valence-corrected chi connectivity index (χ3v) is 15.4. The molecule has 0 fully saturated rings. The van der Waals surface area contributed by atoms with E-state index in [1.165, 1.54) is 54.8 Å². The van der Waals surface area contributed by atoms with Crippen LogP contribution in [-0.2, 0) is 0 Å². The van der Waals surface area contributed by atoms with Gasteiger partial charge in [-0.05, 0) is 127 Å². The third-order valence-electron chi connectivity index (χ3n) is 15.4. The first-order valence-electron chi connectivity index (χ1n) is 24.4. The van der Waals surface area contributed by atoms with E-state index in [4.69, 9.17) is 8.83 Å². The normalized spacial score (nSPS) is 13.0. The molecule has 0 atom stereocenters. The van der Waals surface area contributed by atoms with Gasteiger partial charge in [-0.25, -0.2) is 0 Å². The molecule has 2 aromatic heterocycles. The smallest absolute Gasteiger partial charge is 0.252 e. The van der Waals surface area contributed by atoms with Crippen LogP contribution in [0.4, 0.5) is 34.1 Å². The van der Waals surface area contributed by atoms with Crippen LogP contribution in [0.15, 0.2) is 245 Å². The summed E-state index contributed by atoms with van der Waals surface area (Å²) in [4.78, 5) is 4.98. The van der Waals surface area contributed by atoms with Gasteiger partial charge in [-0.15, -0.1) is 0 Å². The van der Waals surface area contributed by atoms with E-state index in [0.29, 0.717) is 0 Å². The molecule has 0 saturated carbocycles. The number of anilines is 6. The van der Waals surface area contributed by atoms with Gasteiger partial charge in [0.15, 0.2) is 0 Å². The number of fused-ring (bicyclic) bond motifs is 17. The largest absolute Gasteiger partial charge is 0.455 e. The summed E-state index contributed by atoms with van der Waals surface area (Å²) in [6.07, 6.45) is 0. The molecule has 16 rings (SSSR count). The molecule has 14 aromatic rings. The second kappa shape index (κ2) is 14.6. The summed E-state index contributed by atoms with van der Waals surface area (Å²) >= 11 is 0. The Morgan fingerprint density at radius 1 is 0.296 bits per heavy atom. The number of hydrogen-bond donors (Lipinski definition) is 0. The van der Waals surface area contributed by atoms with Crippen LogP contribution < -0.4 is 26.2 Å². The molecule has 0 aliphatic carbocycles. The SMILES string of the molecule is c1ccc(-c2ccc(N3c4cc5c(cc4B4c6cc7oc8c9ccccc9c9ccccc9c8c7cc6N(c6ccc(-c7ccccc7)cc6)c6cccc3c64)oc3c4ccccc4ccc53)cc2)cc1. The van der Waals surface area contributed by atoms with Crippen LogP contribution in [0, 0.1) is 0 Å². The summed E-state index contributed by atoms with van der Waals surface area (Å²) in [7, 11) is 0. The lowest BCUT2D eigenvalue weighted by Gasteiger charge is -2.44. The molecule has 2 aliphatic rings. The first kappa shape index (κ1) is 38.6. The minimum absolute atomic E-state index is 0.161. The van der Waals surface area contributed by atoms with Gasteiger partial charge in [0.05, 0.1) is 0 Å². The Kier molecular flexibility index (Phi) is 7.94. The molecule has 0 N–H and O–H groups in total. The van der Waals surface area contributed by atoms with Crippen molar-refractivity contribution in [2.45, 2.75) is 0 Å². The molecule has 2 aliphatic heterocycles. The van der Waals surface area contributed by atoms with E-state index in [9.17, 15) is 0 Å². The van der Waals surface area contributed by atoms with Gasteiger partial charge in [0, 0.05) is 66.4 Å². The molecule has 12 aromatic carbocycles. The lowest BCUT2D eigenvalue weighted by molar-refractivity contribution is 0.673. The molecule has 0 bridgehead atoms. The first-order valence-corrected chi connectivity index (χ1v) is 24.4. The first-order chi connectivity index (χ1) is 35.2. The minimum Gasteiger partial charge on any atom is -0.455 e. The van der Waals surface area contributed by atoms with E-state index in [1.807, 2.05) is 0 Å². The zero-order chi connectivity index (χ0) is 46.3. The summed E-state index contributed by atoms with van der Waals surface area (Å²) in [5.41, 5.74) is 18.6. The molecule has 4 nitrogen and oxygen atoms in total. The van der Waals surface area contributed by atoms with Crippen molar-refractivity contribution in [2.75, 3.05) is 9.80 Å². The number of hydrogen-bond acceptors (Lipinski definition) is 4. The molecule has 71 heavy (non-hydrogen) atoms. The summed E-state index contributed by atoms with van der Waals surface area (Å²) in [5.74, 6) is 0. The van der Waals surface area contributed by atoms with E-state index >= 15 is 0 Å². The molecule has 4 heterocycles. The van der Waals surface area contributed by atoms with Gasteiger partial charge in [-0.3, -0.25) is 0 Å². The predicted octanol–water partition coefficient (Wildman–Crippen LogP) is 16.4. The average Bonchev–Trinajstić information content (AvgIpc) is 4.01. The van der Waals surface area contributed by atoms with Gasteiger partial charge < -0.3 is 18.6 Å². The minimum atomic E-state index is -0.161. The number of nitrogens with zero attached hydrogens (tertiary/aromatic N) is 2. The fourth-order valence-electron chi connectivity index (χ4n) is 12.2. The Morgan fingerprint density at radius 3 is 1.38 bits per heavy atom. The maximum Gasteiger partial charge on any atom is 0.252 e. The van der Waals surface area contributed by atoms with Crippen molar-refractivity contribution in [3.05, 3.63) is 237 Å². The standard InChI is InChI=1S/C66H39BN2O2/c1-3-14-40(15-4-1)42-26-31-45(32-27-42)68-57-24-13-25-58-64(57)67(55-38-61-53(36-59(55)68)52-35-30-44-18-7-8-19-47(44)65(52)70-61)56-39-62-54(37-60(56)69(58)46-33-28-43(29-34-46)41-16-5-2-6-17-41)63-50-22-11-9-20-48(50)49-21-10-12-23-51(49)66(63)71-62/h1-39H. The fraction of sp³-hybridized carbons (Fsp3) is 0. The molecular weight excluding hydrogens is 864 g/mol. The molecule has 328 valence electrons. The summed E-state index contributed by atoms with van der Waals surface area (Å²) < 4.78 is 14.2. The Hall–Kier alpha value is -9.32. The van der Waals surface area contributed by atoms with Gasteiger partial charge in [-0.1, -0.05) is 170 Å². The molecule has 0 saturated heterocycles. The predicted molar refractivity (Wildman–Crippen MR) is 298 cm³/mol. The van der Waals surface area contributed by atoms with Crippen LogP contribution in [0.25, 0.3) is 98.4 Å². The maximum atomic E-state index is 7.20. The van der Waals surface area contributed by atoms with Crippen molar-refractivity contribution in [1.29, 1.82) is 0 Å². The summed E-state index contributed by atoms with van der Waals surface area (Å²) in [5, 5.41) is 11.4. The van der Waals surface area contributed by atoms with Crippen molar-refractivity contribution < 1.29 is 8.83 Å². The fourth-order valence-corrected chi connectivity index (χ4v) is 12.2. The number of rotatable bonds is 4. The Balaban J connectivity index is 1.00. The summed E-state index contributed by atoms with van der Waals surface area (Å²) in [6, 6.07) is 86.2. The molecule has 0 spiro atoms. The van der Waals surface area contributed by atoms with Crippen LogP contribution in [0.2, 0.25) is 0 Å². The third kappa shape index (κ3) is 5.51. The van der Waals surface area contributed by atoms with Crippen molar-refractivity contribution in [1.82, 2.24) is 0 Å². The topological polar surface area (TPSA) is 32.8 Å². The lowest BCUT2D eigenvalue weighted by atomic mass is 9.33. The molecule has 0 unspecified atom stereocenters. The van der Waals surface area contributed by atoms with E-state index in [0.717, 1.165) is 94.2 Å². The highest BCUT2D eigenvalue weighted by atomic mass is 16.3. The van der Waals surface area contributed by atoms with Gasteiger partial charge in [0.1, 0.15) is 22.3 Å². The summed E-state index contributed by atoms with van der Waals surface area (Å²) in [6.45, 7) is -0.161. The van der Waals surface area contributed by atoms with E-state index in [2.05, 4.69) is 246 Å². The Labute approximate surface area is 408 Å². The molecule has 0 radical (unpaired) electrons. The van der Waals surface area contributed by atoms with Crippen molar-refractivity contribution >= 4 is 133 Å². The van der Waals surface area contributed by atoms with Gasteiger partial charge in [0.2, 0.25) is 0 Å². The highest BCUT2D eigenvalue weighted by Crippen LogP contribution is 2.49. The second-order valence-electron chi connectivity index (χ2n) is 19.1. The van der Waals surface area contributed by atoms with Crippen molar-refractivity contribution in [3.63, 3.8) is 0 Å². The van der Waals surface area contributed by atoms with E-state index in [1.54, 1.807) is 0 Å². The van der Waals surface area contributed by atoms with Crippen LogP contribution in [0.5, 0.6) is 0 Å². The van der Waals surface area contributed by atoms with Crippen LogP contribution >= 0.6 is 0 Å².